The molecule has 0 aliphatic rings. The Labute approximate surface area is 128 Å². The number of aliphatic hydroxyl groups excluding tert-OH is 1. The third-order valence-corrected chi connectivity index (χ3v) is 3.52. The van der Waals surface area contributed by atoms with Crippen LogP contribution in [0, 0.1) is 0 Å². The monoisotopic (exact) mass is 295 g/mol. The molecule has 22 heavy (non-hydrogen) atoms. The largest absolute Gasteiger partial charge is 0.497 e. The van der Waals surface area contributed by atoms with E-state index in [1.807, 2.05) is 42.5 Å². The van der Waals surface area contributed by atoms with Crippen LogP contribution in [0.3, 0.4) is 0 Å². The highest BCUT2D eigenvalue weighted by atomic mass is 16.5. The van der Waals surface area contributed by atoms with Crippen molar-refractivity contribution < 1.29 is 9.84 Å². The van der Waals surface area contributed by atoms with Gasteiger partial charge < -0.3 is 9.84 Å². The van der Waals surface area contributed by atoms with Gasteiger partial charge in [-0.15, -0.1) is 0 Å². The van der Waals surface area contributed by atoms with Gasteiger partial charge in [0.15, 0.2) is 0 Å². The van der Waals surface area contributed by atoms with E-state index in [1.165, 1.54) is 0 Å². The first-order chi connectivity index (χ1) is 10.8. The fourth-order valence-corrected chi connectivity index (χ4v) is 2.36. The van der Waals surface area contributed by atoms with E-state index >= 15 is 0 Å². The van der Waals surface area contributed by atoms with E-state index in [4.69, 9.17) is 4.74 Å². The molecule has 0 saturated carbocycles. The molecule has 1 atom stereocenters. The zero-order valence-corrected chi connectivity index (χ0v) is 12.3. The molecule has 1 N–H and O–H groups in total. The quantitative estimate of drug-likeness (QED) is 0.786. The van der Waals surface area contributed by atoms with E-state index < -0.39 is 6.10 Å². The third-order valence-electron chi connectivity index (χ3n) is 3.52. The number of aromatic nitrogens is 3. The molecule has 112 valence electrons. The van der Waals surface area contributed by atoms with Crippen molar-refractivity contribution in [3.05, 3.63) is 66.6 Å². The molecule has 0 amide bonds. The van der Waals surface area contributed by atoms with Gasteiger partial charge in [-0.1, -0.05) is 12.1 Å². The van der Waals surface area contributed by atoms with Crippen LogP contribution in [0.2, 0.25) is 0 Å². The Morgan fingerprint density at radius 2 is 1.95 bits per heavy atom. The van der Waals surface area contributed by atoms with E-state index in [1.54, 1.807) is 30.4 Å². The van der Waals surface area contributed by atoms with E-state index in [2.05, 4.69) is 10.1 Å². The van der Waals surface area contributed by atoms with Gasteiger partial charge in [-0.25, -0.2) is 0 Å². The van der Waals surface area contributed by atoms with Gasteiger partial charge in [-0.05, 0) is 35.9 Å². The van der Waals surface area contributed by atoms with Crippen molar-refractivity contribution in [1.82, 2.24) is 14.8 Å². The Kier molecular flexibility index (Phi) is 4.16. The molecule has 3 rings (SSSR count). The van der Waals surface area contributed by atoms with E-state index in [-0.39, 0.29) is 0 Å². The smallest absolute Gasteiger partial charge is 0.119 e. The molecular weight excluding hydrogens is 278 g/mol. The highest BCUT2D eigenvalue weighted by Gasteiger charge is 2.13. The molecule has 1 unspecified atom stereocenters. The van der Waals surface area contributed by atoms with Gasteiger partial charge in [0.1, 0.15) is 5.75 Å². The molecule has 5 heteroatoms. The van der Waals surface area contributed by atoms with Crippen molar-refractivity contribution in [1.29, 1.82) is 0 Å². The van der Waals surface area contributed by atoms with Crippen LogP contribution in [0.25, 0.3) is 11.3 Å². The maximum Gasteiger partial charge on any atom is 0.119 e. The van der Waals surface area contributed by atoms with Crippen molar-refractivity contribution in [3.63, 3.8) is 0 Å². The van der Waals surface area contributed by atoms with Crippen LogP contribution in [-0.4, -0.2) is 27.0 Å². The van der Waals surface area contributed by atoms with Crippen LogP contribution in [0.5, 0.6) is 5.75 Å². The summed E-state index contributed by atoms with van der Waals surface area (Å²) in [7, 11) is 1.61. The summed E-state index contributed by atoms with van der Waals surface area (Å²) >= 11 is 0. The Morgan fingerprint density at radius 1 is 1.14 bits per heavy atom. The first kappa shape index (κ1) is 14.3. The molecular formula is C17H17N3O2. The van der Waals surface area contributed by atoms with Gasteiger partial charge in [-0.2, -0.15) is 5.10 Å². The number of methoxy groups -OCH3 is 1. The second-order valence-corrected chi connectivity index (χ2v) is 4.93. The summed E-state index contributed by atoms with van der Waals surface area (Å²) in [4.78, 5) is 4.02. The lowest BCUT2D eigenvalue weighted by molar-refractivity contribution is 0.152. The number of hydrogen-bond donors (Lipinski definition) is 1. The lowest BCUT2D eigenvalue weighted by Gasteiger charge is -2.14. The molecule has 0 bridgehead atoms. The Morgan fingerprint density at radius 3 is 2.73 bits per heavy atom. The molecule has 0 aliphatic heterocycles. The third kappa shape index (κ3) is 2.99. The average Bonchev–Trinajstić information content (AvgIpc) is 3.04. The van der Waals surface area contributed by atoms with Crippen LogP contribution in [0.15, 0.2) is 61.1 Å². The standard InChI is InChI=1S/C17H17N3O2/c1-22-15-4-2-3-14(11-15)17(21)12-20-16(7-10-19-20)13-5-8-18-9-6-13/h2-11,17,21H,12H2,1H3. The summed E-state index contributed by atoms with van der Waals surface area (Å²) in [6.07, 6.45) is 4.56. The average molecular weight is 295 g/mol. The number of rotatable bonds is 5. The number of aliphatic hydroxyl groups is 1. The summed E-state index contributed by atoms with van der Waals surface area (Å²) in [6.45, 7) is 0.373. The number of pyridine rings is 1. The molecule has 0 fully saturated rings. The van der Waals surface area contributed by atoms with Gasteiger partial charge in [0.05, 0.1) is 25.5 Å². The zero-order valence-electron chi connectivity index (χ0n) is 12.3. The first-order valence-electron chi connectivity index (χ1n) is 7.02. The first-order valence-corrected chi connectivity index (χ1v) is 7.02. The number of benzene rings is 1. The summed E-state index contributed by atoms with van der Waals surface area (Å²) in [5.41, 5.74) is 2.77. The summed E-state index contributed by atoms with van der Waals surface area (Å²) < 4.78 is 6.98. The van der Waals surface area contributed by atoms with Crippen molar-refractivity contribution in [3.8, 4) is 17.0 Å². The zero-order chi connectivity index (χ0) is 15.4. The molecule has 0 saturated heterocycles. The minimum atomic E-state index is -0.657. The molecule has 0 radical (unpaired) electrons. The predicted molar refractivity (Wildman–Crippen MR) is 83.4 cm³/mol. The predicted octanol–water partition coefficient (Wildman–Crippen LogP) is 2.69. The molecule has 5 nitrogen and oxygen atoms in total. The van der Waals surface area contributed by atoms with E-state index in [0.717, 1.165) is 22.6 Å². The van der Waals surface area contributed by atoms with E-state index in [0.29, 0.717) is 6.54 Å². The van der Waals surface area contributed by atoms with Crippen molar-refractivity contribution in [2.45, 2.75) is 12.6 Å². The Balaban J connectivity index is 1.83. The molecule has 2 heterocycles. The summed E-state index contributed by atoms with van der Waals surface area (Å²) in [5, 5.41) is 14.8. The summed E-state index contributed by atoms with van der Waals surface area (Å²) in [5.74, 6) is 0.728. The minimum Gasteiger partial charge on any atom is -0.497 e. The fourth-order valence-electron chi connectivity index (χ4n) is 2.36. The van der Waals surface area contributed by atoms with Gasteiger partial charge in [0, 0.05) is 24.2 Å². The second kappa shape index (κ2) is 6.41. The normalized spacial score (nSPS) is 12.1. The number of hydrogen-bond acceptors (Lipinski definition) is 4. The van der Waals surface area contributed by atoms with Crippen molar-refractivity contribution >= 4 is 0 Å². The van der Waals surface area contributed by atoms with Gasteiger partial charge in [0.2, 0.25) is 0 Å². The Hall–Kier alpha value is -2.66. The maximum absolute atomic E-state index is 10.5. The molecule has 0 spiro atoms. The highest BCUT2D eigenvalue weighted by Crippen LogP contribution is 2.23. The van der Waals surface area contributed by atoms with Crippen LogP contribution < -0.4 is 4.74 Å². The summed E-state index contributed by atoms with van der Waals surface area (Å²) in [6, 6.07) is 13.2. The molecule has 1 aromatic carbocycles. The van der Waals surface area contributed by atoms with Crippen LogP contribution in [0.4, 0.5) is 0 Å². The van der Waals surface area contributed by atoms with Gasteiger partial charge >= 0.3 is 0 Å². The maximum atomic E-state index is 10.5. The fraction of sp³-hybridized carbons (Fsp3) is 0.176. The van der Waals surface area contributed by atoms with Gasteiger partial charge in [0.25, 0.3) is 0 Å². The minimum absolute atomic E-state index is 0.373. The lowest BCUT2D eigenvalue weighted by Crippen LogP contribution is -2.11. The molecule has 0 aliphatic carbocycles. The van der Waals surface area contributed by atoms with E-state index in [9.17, 15) is 5.11 Å². The Bertz CT molecular complexity index is 740. The topological polar surface area (TPSA) is 60.2 Å². The van der Waals surface area contributed by atoms with Crippen LogP contribution in [-0.2, 0) is 6.54 Å². The number of nitrogens with zero attached hydrogens (tertiary/aromatic N) is 3. The van der Waals surface area contributed by atoms with Crippen molar-refractivity contribution in [2.75, 3.05) is 7.11 Å². The molecule has 3 aromatic rings. The van der Waals surface area contributed by atoms with Crippen molar-refractivity contribution in [2.24, 2.45) is 0 Å². The lowest BCUT2D eigenvalue weighted by atomic mass is 10.1. The van der Waals surface area contributed by atoms with Crippen LogP contribution in [0.1, 0.15) is 11.7 Å². The molecule has 2 aromatic heterocycles. The SMILES string of the molecule is COc1cccc(C(O)Cn2nccc2-c2ccncc2)c1. The number of ether oxygens (including phenoxy) is 1. The van der Waals surface area contributed by atoms with Gasteiger partial charge in [-0.3, -0.25) is 9.67 Å². The highest BCUT2D eigenvalue weighted by molar-refractivity contribution is 5.58. The van der Waals surface area contributed by atoms with Crippen LogP contribution >= 0.6 is 0 Å². The second-order valence-electron chi connectivity index (χ2n) is 4.93.